The van der Waals surface area contributed by atoms with Crippen LogP contribution in [0.25, 0.3) is 0 Å². The summed E-state index contributed by atoms with van der Waals surface area (Å²) in [5, 5.41) is 10.2. The molecule has 0 radical (unpaired) electrons. The summed E-state index contributed by atoms with van der Waals surface area (Å²) in [5.41, 5.74) is -0.440. The first-order valence-corrected chi connectivity index (χ1v) is 13.8. The van der Waals surface area contributed by atoms with Crippen molar-refractivity contribution in [3.05, 3.63) is 48.5 Å². The Hall–Kier alpha value is -4.52. The Morgan fingerprint density at radius 2 is 0.953 bits per heavy atom. The van der Waals surface area contributed by atoms with Crippen molar-refractivity contribution in [3.63, 3.8) is 0 Å². The predicted octanol–water partition coefficient (Wildman–Crippen LogP) is 4.09. The fourth-order valence-corrected chi connectivity index (χ4v) is 3.24. The van der Waals surface area contributed by atoms with Crippen LogP contribution < -0.4 is 30.7 Å². The quantitative estimate of drug-likeness (QED) is 0.233. The summed E-state index contributed by atoms with van der Waals surface area (Å²) in [4.78, 5) is 48.0. The molecule has 0 bridgehead atoms. The molecule has 0 fully saturated rings. The monoisotopic (exact) mass is 602 g/mol. The van der Waals surface area contributed by atoms with Crippen LogP contribution in [0.1, 0.15) is 41.5 Å². The van der Waals surface area contributed by atoms with E-state index < -0.39 is 35.2 Å². The molecule has 4 N–H and O–H groups in total. The third kappa shape index (κ3) is 15.3. The van der Waals surface area contributed by atoms with Crippen molar-refractivity contribution in [2.24, 2.45) is 0 Å². The highest BCUT2D eigenvalue weighted by Crippen LogP contribution is 2.24. The second kappa shape index (κ2) is 16.8. The van der Waals surface area contributed by atoms with Crippen molar-refractivity contribution in [1.82, 2.24) is 10.6 Å². The van der Waals surface area contributed by atoms with Crippen LogP contribution in [-0.2, 0) is 23.8 Å². The summed E-state index contributed by atoms with van der Waals surface area (Å²) in [6.07, 6.45) is -1.37. The molecule has 2 aromatic carbocycles. The van der Waals surface area contributed by atoms with Crippen LogP contribution in [0.15, 0.2) is 48.5 Å². The first-order chi connectivity index (χ1) is 20.2. The lowest BCUT2D eigenvalue weighted by Crippen LogP contribution is -2.37. The topological polar surface area (TPSA) is 163 Å². The first-order valence-electron chi connectivity index (χ1n) is 13.8. The van der Waals surface area contributed by atoms with E-state index in [1.54, 1.807) is 90.1 Å². The Bertz CT molecular complexity index is 1130. The van der Waals surface area contributed by atoms with Crippen molar-refractivity contribution in [2.75, 3.05) is 50.2 Å². The van der Waals surface area contributed by atoms with Gasteiger partial charge in [0.05, 0.1) is 24.6 Å². The molecule has 0 aliphatic carbocycles. The number of anilines is 2. The third-order valence-electron chi connectivity index (χ3n) is 4.88. The van der Waals surface area contributed by atoms with Gasteiger partial charge >= 0.3 is 12.2 Å². The lowest BCUT2D eigenvalue weighted by atomic mass is 10.2. The summed E-state index contributed by atoms with van der Waals surface area (Å²) in [6.45, 7) is 10.8. The summed E-state index contributed by atoms with van der Waals surface area (Å²) in [6, 6.07) is 13.8. The number of benzene rings is 2. The zero-order valence-electron chi connectivity index (χ0n) is 25.5. The van der Waals surface area contributed by atoms with Gasteiger partial charge in [0.2, 0.25) is 11.8 Å². The molecule has 43 heavy (non-hydrogen) atoms. The number of hydrogen-bond acceptors (Lipinski definition) is 9. The van der Waals surface area contributed by atoms with Gasteiger partial charge in [-0.05, 0) is 65.8 Å². The van der Waals surface area contributed by atoms with E-state index in [9.17, 15) is 19.2 Å². The van der Waals surface area contributed by atoms with E-state index in [-0.39, 0.29) is 39.5 Å². The summed E-state index contributed by atoms with van der Waals surface area (Å²) in [7, 11) is 0. The maximum absolute atomic E-state index is 12.3. The van der Waals surface area contributed by atoms with Gasteiger partial charge in [0.25, 0.3) is 0 Å². The van der Waals surface area contributed by atoms with E-state index in [1.165, 1.54) is 0 Å². The molecule has 2 rings (SSSR count). The molecule has 2 aromatic rings. The van der Waals surface area contributed by atoms with Gasteiger partial charge in [-0.25, -0.2) is 9.59 Å². The average Bonchev–Trinajstić information content (AvgIpc) is 2.90. The van der Waals surface area contributed by atoms with E-state index in [4.69, 9.17) is 23.7 Å². The van der Waals surface area contributed by atoms with Crippen LogP contribution >= 0.6 is 0 Å². The van der Waals surface area contributed by atoms with E-state index in [0.717, 1.165) is 0 Å². The molecule has 0 unspecified atom stereocenters. The molecule has 13 nitrogen and oxygen atoms in total. The summed E-state index contributed by atoms with van der Waals surface area (Å²) >= 11 is 0. The number of para-hydroxylation sites is 4. The molecule has 0 aliphatic heterocycles. The van der Waals surface area contributed by atoms with Crippen molar-refractivity contribution in [3.8, 4) is 11.5 Å². The number of ether oxygens (including phenoxy) is 5. The van der Waals surface area contributed by atoms with E-state index in [2.05, 4.69) is 21.3 Å². The Balaban J connectivity index is 1.70. The van der Waals surface area contributed by atoms with E-state index in [1.807, 2.05) is 0 Å². The molecule has 0 atom stereocenters. The summed E-state index contributed by atoms with van der Waals surface area (Å²) in [5.74, 6) is 0.00903. The highest BCUT2D eigenvalue weighted by atomic mass is 16.6. The van der Waals surface area contributed by atoms with Crippen molar-refractivity contribution in [2.45, 2.75) is 52.7 Å². The van der Waals surface area contributed by atoms with Gasteiger partial charge in [-0.3, -0.25) is 9.59 Å². The number of carbonyl (C=O) groups is 4. The maximum atomic E-state index is 12.3. The number of amides is 4. The lowest BCUT2D eigenvalue weighted by Gasteiger charge is -2.19. The fraction of sp³-hybridized carbons (Fsp3) is 0.467. The van der Waals surface area contributed by atoms with Crippen LogP contribution in [0.4, 0.5) is 21.0 Å². The van der Waals surface area contributed by atoms with Crippen LogP contribution in [-0.4, -0.2) is 74.7 Å². The van der Waals surface area contributed by atoms with Crippen LogP contribution in [0.3, 0.4) is 0 Å². The van der Waals surface area contributed by atoms with Gasteiger partial charge in [0.1, 0.15) is 49.0 Å². The minimum atomic E-state index is -0.686. The number of rotatable bonds is 14. The van der Waals surface area contributed by atoms with Crippen LogP contribution in [0, 0.1) is 0 Å². The Kier molecular flexibility index (Phi) is 13.6. The van der Waals surface area contributed by atoms with Gasteiger partial charge < -0.3 is 45.0 Å². The number of carbonyl (C=O) groups excluding carboxylic acids is 4. The lowest BCUT2D eigenvalue weighted by molar-refractivity contribution is -0.116. The standard InChI is InChI=1S/C30H42N4O9/c1-29(2,3)42-27(37)31-19-25(35)33-21-11-7-9-13-23(21)40-17-15-39-16-18-41-24-14-10-8-12-22(24)34-26(36)20-32-28(38)43-30(4,5)6/h7-14H,15-20H2,1-6H3,(H,31,37)(H,32,38)(H,33,35)(H,34,36). The molecule has 4 amide bonds. The van der Waals surface area contributed by atoms with Gasteiger partial charge in [-0.1, -0.05) is 24.3 Å². The van der Waals surface area contributed by atoms with Crippen LogP contribution in [0.2, 0.25) is 0 Å². The molecule has 0 heterocycles. The van der Waals surface area contributed by atoms with Crippen molar-refractivity contribution >= 4 is 35.4 Å². The highest BCUT2D eigenvalue weighted by Gasteiger charge is 2.18. The normalized spacial score (nSPS) is 11.1. The second-order valence-corrected chi connectivity index (χ2v) is 11.1. The fourth-order valence-electron chi connectivity index (χ4n) is 3.24. The molecular weight excluding hydrogens is 560 g/mol. The van der Waals surface area contributed by atoms with Gasteiger partial charge in [-0.15, -0.1) is 0 Å². The molecule has 0 spiro atoms. The number of hydrogen-bond donors (Lipinski definition) is 4. The number of nitrogens with one attached hydrogen (secondary N) is 4. The molecule has 13 heteroatoms. The molecular formula is C30H42N4O9. The van der Waals surface area contributed by atoms with Gasteiger partial charge in [0.15, 0.2) is 0 Å². The van der Waals surface area contributed by atoms with Gasteiger partial charge in [0, 0.05) is 0 Å². The van der Waals surface area contributed by atoms with Crippen molar-refractivity contribution < 1.29 is 42.9 Å². The first kappa shape index (κ1) is 34.7. The smallest absolute Gasteiger partial charge is 0.408 e. The zero-order valence-corrected chi connectivity index (χ0v) is 25.5. The Morgan fingerprint density at radius 1 is 0.581 bits per heavy atom. The second-order valence-electron chi connectivity index (χ2n) is 11.1. The molecule has 0 saturated heterocycles. The largest absolute Gasteiger partial charge is 0.489 e. The molecule has 0 aliphatic rings. The highest BCUT2D eigenvalue weighted by molar-refractivity contribution is 5.95. The molecule has 236 valence electrons. The molecule has 0 aromatic heterocycles. The predicted molar refractivity (Wildman–Crippen MR) is 160 cm³/mol. The number of alkyl carbamates (subject to hydrolysis) is 2. The van der Waals surface area contributed by atoms with Crippen molar-refractivity contribution in [1.29, 1.82) is 0 Å². The Morgan fingerprint density at radius 3 is 1.33 bits per heavy atom. The third-order valence-corrected chi connectivity index (χ3v) is 4.88. The summed E-state index contributed by atoms with van der Waals surface area (Å²) < 4.78 is 27.3. The minimum absolute atomic E-state index is 0.209. The van der Waals surface area contributed by atoms with E-state index >= 15 is 0 Å². The average molecular weight is 603 g/mol. The van der Waals surface area contributed by atoms with Gasteiger partial charge in [-0.2, -0.15) is 0 Å². The maximum Gasteiger partial charge on any atom is 0.408 e. The SMILES string of the molecule is CC(C)(C)OC(=O)NCC(=O)Nc1ccccc1OCCOCCOc1ccccc1NC(=O)CNC(=O)OC(C)(C)C. The molecule has 0 saturated carbocycles. The van der Waals surface area contributed by atoms with Crippen LogP contribution in [0.5, 0.6) is 11.5 Å². The minimum Gasteiger partial charge on any atom is -0.489 e. The Labute approximate surface area is 251 Å². The van der Waals surface area contributed by atoms with E-state index in [0.29, 0.717) is 22.9 Å². The zero-order chi connectivity index (χ0) is 31.9.